The summed E-state index contributed by atoms with van der Waals surface area (Å²) in [6.45, 7) is 2.89. The number of piperidine rings is 1. The first kappa shape index (κ1) is 21.1. The highest BCUT2D eigenvalue weighted by molar-refractivity contribution is 7.89. The molecular weight excluding hydrogens is 408 g/mol. The summed E-state index contributed by atoms with van der Waals surface area (Å²) in [5.74, 6) is 0.230. The number of amides is 3. The predicted octanol–water partition coefficient (Wildman–Crippen LogP) is 1.48. The van der Waals surface area contributed by atoms with Crippen molar-refractivity contribution in [2.24, 2.45) is 11.8 Å². The van der Waals surface area contributed by atoms with Gasteiger partial charge in [-0.25, -0.2) is 13.2 Å². The molecule has 3 N–H and O–H groups in total. The molecule has 3 aliphatic heterocycles. The van der Waals surface area contributed by atoms with Gasteiger partial charge in [0.05, 0.1) is 4.90 Å². The van der Waals surface area contributed by atoms with Crippen LogP contribution in [0.25, 0.3) is 0 Å². The number of carbonyl (C=O) groups is 2. The topological polar surface area (TPSA) is 117 Å². The van der Waals surface area contributed by atoms with Gasteiger partial charge >= 0.3 is 6.03 Å². The summed E-state index contributed by atoms with van der Waals surface area (Å²) < 4.78 is 33.3. The number of benzene rings is 1. The van der Waals surface area contributed by atoms with E-state index in [1.54, 1.807) is 12.1 Å². The molecule has 0 radical (unpaired) electrons. The molecular formula is C20H28N4O5S. The summed E-state index contributed by atoms with van der Waals surface area (Å²) in [4.78, 5) is 23.4. The first-order valence-corrected chi connectivity index (χ1v) is 11.8. The van der Waals surface area contributed by atoms with Crippen molar-refractivity contribution in [3.05, 3.63) is 24.3 Å². The van der Waals surface area contributed by atoms with Crippen LogP contribution in [0.15, 0.2) is 29.2 Å². The van der Waals surface area contributed by atoms with Crippen molar-refractivity contribution < 1.29 is 22.7 Å². The van der Waals surface area contributed by atoms with Crippen LogP contribution >= 0.6 is 0 Å². The largest absolute Gasteiger partial charge is 0.358 e. The summed E-state index contributed by atoms with van der Waals surface area (Å²) in [6.07, 6.45) is 3.09. The second kappa shape index (κ2) is 8.52. The van der Waals surface area contributed by atoms with Crippen LogP contribution in [0.3, 0.4) is 0 Å². The molecule has 3 atom stereocenters. The molecule has 0 saturated carbocycles. The quantitative estimate of drug-likeness (QED) is 0.661. The second-order valence-corrected chi connectivity index (χ2v) is 10.1. The van der Waals surface area contributed by atoms with Crippen molar-refractivity contribution >= 4 is 27.6 Å². The molecule has 4 rings (SSSR count). The molecule has 3 aliphatic rings. The third-order valence-electron chi connectivity index (χ3n) is 6.22. The van der Waals surface area contributed by atoms with E-state index in [9.17, 15) is 18.0 Å². The van der Waals surface area contributed by atoms with Crippen LogP contribution < -0.4 is 16.0 Å². The summed E-state index contributed by atoms with van der Waals surface area (Å²) in [5.41, 5.74) is 0.561. The Morgan fingerprint density at radius 3 is 2.50 bits per heavy atom. The molecule has 1 aromatic rings. The van der Waals surface area contributed by atoms with Crippen molar-refractivity contribution in [1.82, 2.24) is 14.9 Å². The van der Waals surface area contributed by atoms with E-state index < -0.39 is 10.0 Å². The molecule has 3 fully saturated rings. The smallest absolute Gasteiger partial charge is 0.317 e. The van der Waals surface area contributed by atoms with Crippen LogP contribution in [0.4, 0.5) is 10.5 Å². The molecule has 0 spiro atoms. The van der Waals surface area contributed by atoms with Gasteiger partial charge in [0.2, 0.25) is 15.9 Å². The zero-order valence-corrected chi connectivity index (χ0v) is 17.8. The van der Waals surface area contributed by atoms with Crippen LogP contribution in [0.5, 0.6) is 0 Å². The Labute approximate surface area is 176 Å². The maximum absolute atomic E-state index is 13.0. The van der Waals surface area contributed by atoms with Gasteiger partial charge in [-0.2, -0.15) is 4.31 Å². The van der Waals surface area contributed by atoms with Crippen molar-refractivity contribution in [1.29, 1.82) is 0 Å². The molecule has 3 amide bonds. The highest BCUT2D eigenvalue weighted by Crippen LogP contribution is 2.34. The summed E-state index contributed by atoms with van der Waals surface area (Å²) >= 11 is 0. The monoisotopic (exact) mass is 436 g/mol. The fourth-order valence-corrected chi connectivity index (χ4v) is 6.23. The van der Waals surface area contributed by atoms with Crippen molar-refractivity contribution in [3.8, 4) is 0 Å². The lowest BCUT2D eigenvalue weighted by Crippen LogP contribution is -2.65. The summed E-state index contributed by atoms with van der Waals surface area (Å²) in [7, 11) is -3.60. The summed E-state index contributed by atoms with van der Waals surface area (Å²) in [5, 5.41) is 8.55. The number of hydrogen-bond acceptors (Lipinski definition) is 5. The highest BCUT2D eigenvalue weighted by atomic mass is 32.2. The molecule has 0 unspecified atom stereocenters. The Kier molecular flexibility index (Phi) is 5.99. The number of nitrogens with zero attached hydrogens (tertiary/aromatic N) is 1. The van der Waals surface area contributed by atoms with Gasteiger partial charge in [0.25, 0.3) is 0 Å². The number of sulfonamides is 1. The van der Waals surface area contributed by atoms with Gasteiger partial charge in [0, 0.05) is 44.3 Å². The van der Waals surface area contributed by atoms with E-state index in [-0.39, 0.29) is 40.9 Å². The third kappa shape index (κ3) is 4.30. The highest BCUT2D eigenvalue weighted by Gasteiger charge is 2.43. The van der Waals surface area contributed by atoms with Crippen LogP contribution in [0, 0.1) is 11.8 Å². The Bertz CT molecular complexity index is 896. The minimum Gasteiger partial charge on any atom is -0.358 e. The van der Waals surface area contributed by atoms with Crippen LogP contribution in [0.1, 0.15) is 32.6 Å². The maximum Gasteiger partial charge on any atom is 0.317 e. The van der Waals surface area contributed by atoms with E-state index in [4.69, 9.17) is 4.74 Å². The average molecular weight is 437 g/mol. The van der Waals surface area contributed by atoms with Gasteiger partial charge in [-0.05, 0) is 55.9 Å². The third-order valence-corrected chi connectivity index (χ3v) is 8.13. The normalized spacial score (nSPS) is 28.2. The summed E-state index contributed by atoms with van der Waals surface area (Å²) in [6, 6.07) is 6.01. The number of hydrogen-bond donors (Lipinski definition) is 3. The maximum atomic E-state index is 13.0. The molecule has 10 heteroatoms. The molecule has 0 aliphatic carbocycles. The van der Waals surface area contributed by atoms with Crippen molar-refractivity contribution in [2.75, 3.05) is 25.0 Å². The first-order valence-electron chi connectivity index (χ1n) is 10.4. The number of anilines is 1. The van der Waals surface area contributed by atoms with Gasteiger partial charge in [0.1, 0.15) is 6.23 Å². The molecule has 3 heterocycles. The Balaban J connectivity index is 1.41. The SMILES string of the molecule is CC(=O)Nc1ccc(S(=O)(=O)N2CCC([C@@H]3NC(=O)N[C@H]4OCCC[C@H]43)CC2)cc1. The van der Waals surface area contributed by atoms with Crippen LogP contribution in [0.2, 0.25) is 0 Å². The lowest BCUT2D eigenvalue weighted by Gasteiger charge is -2.46. The molecule has 3 saturated heterocycles. The standard InChI is InChI=1S/C20H28N4O5S/c1-13(25)21-15-4-6-16(7-5-15)30(27,28)24-10-8-14(9-11-24)18-17-3-2-12-29-19(17)23-20(26)22-18/h4-7,14,17-19H,2-3,8-12H2,1H3,(H,21,25)(H2,22,23,26)/t17-,18-,19-/m0/s1. The Morgan fingerprint density at radius 1 is 1.13 bits per heavy atom. The first-order chi connectivity index (χ1) is 14.3. The van der Waals surface area contributed by atoms with Crippen LogP contribution in [-0.4, -0.2) is 56.6 Å². The van der Waals surface area contributed by atoms with E-state index in [0.717, 1.165) is 12.8 Å². The molecule has 1 aromatic carbocycles. The molecule has 0 aromatic heterocycles. The van der Waals surface area contributed by atoms with E-state index in [2.05, 4.69) is 16.0 Å². The number of rotatable bonds is 4. The van der Waals surface area contributed by atoms with E-state index in [1.165, 1.54) is 23.4 Å². The number of urea groups is 1. The fourth-order valence-electron chi connectivity index (χ4n) is 4.76. The molecule has 0 bridgehead atoms. The number of ether oxygens (including phenoxy) is 1. The van der Waals surface area contributed by atoms with Crippen molar-refractivity contribution in [2.45, 2.75) is 49.8 Å². The van der Waals surface area contributed by atoms with E-state index in [1.807, 2.05) is 0 Å². The minimum absolute atomic E-state index is 0.00541. The second-order valence-electron chi connectivity index (χ2n) is 8.19. The number of fused-ring (bicyclic) bond motifs is 1. The Morgan fingerprint density at radius 2 is 1.83 bits per heavy atom. The number of carbonyl (C=O) groups excluding carboxylic acids is 2. The van der Waals surface area contributed by atoms with Gasteiger partial charge in [0.15, 0.2) is 0 Å². The molecule has 30 heavy (non-hydrogen) atoms. The van der Waals surface area contributed by atoms with E-state index >= 15 is 0 Å². The zero-order chi connectivity index (χ0) is 21.3. The van der Waals surface area contributed by atoms with Gasteiger partial charge in [-0.15, -0.1) is 0 Å². The lowest BCUT2D eigenvalue weighted by atomic mass is 9.78. The minimum atomic E-state index is -3.60. The Hall–Kier alpha value is -2.17. The van der Waals surface area contributed by atoms with E-state index in [0.29, 0.717) is 38.2 Å². The molecule has 9 nitrogen and oxygen atoms in total. The fraction of sp³-hybridized carbons (Fsp3) is 0.600. The lowest BCUT2D eigenvalue weighted by molar-refractivity contribution is -0.114. The van der Waals surface area contributed by atoms with Gasteiger partial charge < -0.3 is 20.7 Å². The molecule has 164 valence electrons. The zero-order valence-electron chi connectivity index (χ0n) is 17.0. The van der Waals surface area contributed by atoms with Gasteiger partial charge in [-0.3, -0.25) is 4.79 Å². The predicted molar refractivity (Wildman–Crippen MR) is 110 cm³/mol. The van der Waals surface area contributed by atoms with Gasteiger partial charge in [-0.1, -0.05) is 0 Å². The van der Waals surface area contributed by atoms with Crippen LogP contribution in [-0.2, 0) is 19.6 Å². The number of nitrogens with one attached hydrogen (secondary N) is 3. The van der Waals surface area contributed by atoms with Crippen molar-refractivity contribution in [3.63, 3.8) is 0 Å². The average Bonchev–Trinajstić information content (AvgIpc) is 2.73.